The van der Waals surface area contributed by atoms with Crippen LogP contribution in [0.5, 0.6) is 0 Å². The van der Waals surface area contributed by atoms with Crippen LogP contribution in [-0.2, 0) is 11.3 Å². The average molecular weight is 450 g/mol. The first kappa shape index (κ1) is 22.0. The van der Waals surface area contributed by atoms with E-state index in [4.69, 9.17) is 0 Å². The van der Waals surface area contributed by atoms with E-state index in [1.807, 2.05) is 6.92 Å². The fourth-order valence-corrected chi connectivity index (χ4v) is 2.50. The average Bonchev–Trinajstić information content (AvgIpc) is 2.50. The summed E-state index contributed by atoms with van der Waals surface area (Å²) in [5, 5.41) is 6.22. The predicted molar refractivity (Wildman–Crippen MR) is 110 cm³/mol. The van der Waals surface area contributed by atoms with Gasteiger partial charge in [-0.25, -0.2) is 4.99 Å². The van der Waals surface area contributed by atoms with Crippen molar-refractivity contribution in [1.82, 2.24) is 15.5 Å². The lowest BCUT2D eigenvalue weighted by Crippen LogP contribution is -2.42. The number of aliphatic imine (C=N–C) groups is 1. The molecule has 7 heteroatoms. The summed E-state index contributed by atoms with van der Waals surface area (Å²) in [4.78, 5) is 19.0. The van der Waals surface area contributed by atoms with Gasteiger partial charge in [-0.3, -0.25) is 4.79 Å². The van der Waals surface area contributed by atoms with Crippen molar-refractivity contribution in [2.24, 2.45) is 4.99 Å². The molecule has 0 atom stereocenters. The number of halogens is 1. The van der Waals surface area contributed by atoms with E-state index >= 15 is 0 Å². The standard InChI is InChI=1S/C16H26N4OS.HI/c1-6-17-16(19-11-15(21)20(3)4)18-10-13-8-7-12(2)9-14(13)22-5;/h7-9H,6,10-11H2,1-5H3,(H2,17,18,19);1H. The van der Waals surface area contributed by atoms with Crippen LogP contribution < -0.4 is 10.6 Å². The molecule has 2 N–H and O–H groups in total. The molecule has 0 aromatic heterocycles. The van der Waals surface area contributed by atoms with Gasteiger partial charge in [-0.1, -0.05) is 12.1 Å². The van der Waals surface area contributed by atoms with E-state index in [1.165, 1.54) is 16.0 Å². The van der Waals surface area contributed by atoms with E-state index in [1.54, 1.807) is 30.8 Å². The van der Waals surface area contributed by atoms with Crippen molar-refractivity contribution in [3.63, 3.8) is 0 Å². The van der Waals surface area contributed by atoms with Gasteiger partial charge in [-0.15, -0.1) is 35.7 Å². The Hall–Kier alpha value is -0.960. The smallest absolute Gasteiger partial charge is 0.241 e. The number of likely N-dealkylation sites (N-methyl/N-ethyl adjacent to an activating group) is 1. The zero-order valence-corrected chi connectivity index (χ0v) is 17.6. The molecule has 0 saturated carbocycles. The predicted octanol–water partition coefficient (Wildman–Crippen LogP) is 2.48. The summed E-state index contributed by atoms with van der Waals surface area (Å²) in [7, 11) is 3.48. The molecule has 0 radical (unpaired) electrons. The van der Waals surface area contributed by atoms with Crippen molar-refractivity contribution < 1.29 is 4.79 Å². The van der Waals surface area contributed by atoms with Crippen molar-refractivity contribution in [1.29, 1.82) is 0 Å². The number of nitrogens with one attached hydrogen (secondary N) is 2. The highest BCUT2D eigenvalue weighted by Crippen LogP contribution is 2.22. The van der Waals surface area contributed by atoms with Crippen molar-refractivity contribution in [3.05, 3.63) is 29.3 Å². The van der Waals surface area contributed by atoms with Crippen molar-refractivity contribution in [2.45, 2.75) is 25.3 Å². The van der Waals surface area contributed by atoms with E-state index in [0.717, 1.165) is 6.54 Å². The van der Waals surface area contributed by atoms with Crippen molar-refractivity contribution in [3.8, 4) is 0 Å². The fraction of sp³-hybridized carbons (Fsp3) is 0.500. The Morgan fingerprint density at radius 2 is 2.00 bits per heavy atom. The third-order valence-electron chi connectivity index (χ3n) is 3.10. The van der Waals surface area contributed by atoms with Gasteiger partial charge in [-0.2, -0.15) is 0 Å². The summed E-state index contributed by atoms with van der Waals surface area (Å²) in [6.07, 6.45) is 2.07. The number of benzene rings is 1. The quantitative estimate of drug-likeness (QED) is 0.303. The van der Waals surface area contributed by atoms with Crippen molar-refractivity contribution >= 4 is 47.6 Å². The number of carbonyl (C=O) groups excluding carboxylic acids is 1. The monoisotopic (exact) mass is 450 g/mol. The van der Waals surface area contributed by atoms with Crippen LogP contribution in [0.1, 0.15) is 18.1 Å². The highest BCUT2D eigenvalue weighted by molar-refractivity contribution is 14.0. The summed E-state index contributed by atoms with van der Waals surface area (Å²) >= 11 is 1.73. The number of hydrogen-bond donors (Lipinski definition) is 2. The molecule has 1 rings (SSSR count). The lowest BCUT2D eigenvalue weighted by molar-refractivity contribution is -0.127. The zero-order chi connectivity index (χ0) is 16.5. The van der Waals surface area contributed by atoms with E-state index in [2.05, 4.69) is 47.0 Å². The summed E-state index contributed by atoms with van der Waals surface area (Å²) in [5.41, 5.74) is 2.44. The van der Waals surface area contributed by atoms with Crippen LogP contribution in [0, 0.1) is 6.92 Å². The van der Waals surface area contributed by atoms with Gasteiger partial charge in [-0.05, 0) is 37.3 Å². The molecule has 0 heterocycles. The van der Waals surface area contributed by atoms with Crippen LogP contribution >= 0.6 is 35.7 Å². The molecule has 0 saturated heterocycles. The van der Waals surface area contributed by atoms with Crippen LogP contribution in [0.3, 0.4) is 0 Å². The molecule has 1 aromatic rings. The van der Waals surface area contributed by atoms with Gasteiger partial charge in [0.1, 0.15) is 0 Å². The Balaban J connectivity index is 0.00000484. The molecule has 130 valence electrons. The fourth-order valence-electron chi connectivity index (χ4n) is 1.81. The SMILES string of the molecule is CCNC(=NCc1ccc(C)cc1SC)NCC(=O)N(C)C.I. The maximum atomic E-state index is 11.6. The largest absolute Gasteiger partial charge is 0.357 e. The van der Waals surface area contributed by atoms with Gasteiger partial charge in [0.05, 0.1) is 13.1 Å². The Bertz CT molecular complexity index is 535. The molecule has 0 spiro atoms. The minimum absolute atomic E-state index is 0. The summed E-state index contributed by atoms with van der Waals surface area (Å²) in [6.45, 7) is 5.67. The highest BCUT2D eigenvalue weighted by Gasteiger charge is 2.06. The van der Waals surface area contributed by atoms with Gasteiger partial charge in [0.25, 0.3) is 0 Å². The van der Waals surface area contributed by atoms with Crippen LogP contribution in [0.15, 0.2) is 28.1 Å². The van der Waals surface area contributed by atoms with E-state index in [9.17, 15) is 4.79 Å². The second-order valence-electron chi connectivity index (χ2n) is 5.15. The van der Waals surface area contributed by atoms with Gasteiger partial charge in [0.2, 0.25) is 5.91 Å². The van der Waals surface area contributed by atoms with Crippen LogP contribution in [0.4, 0.5) is 0 Å². The first-order chi connectivity index (χ1) is 10.5. The molecule has 0 unspecified atom stereocenters. The second kappa shape index (κ2) is 11.6. The van der Waals surface area contributed by atoms with Gasteiger partial charge in [0, 0.05) is 25.5 Å². The zero-order valence-electron chi connectivity index (χ0n) is 14.5. The number of hydrogen-bond acceptors (Lipinski definition) is 3. The number of rotatable bonds is 6. The Kier molecular flexibility index (Phi) is 11.1. The number of guanidine groups is 1. The summed E-state index contributed by atoms with van der Waals surface area (Å²) < 4.78 is 0. The van der Waals surface area contributed by atoms with Crippen LogP contribution in [0.2, 0.25) is 0 Å². The molecule has 1 aromatic carbocycles. The highest BCUT2D eigenvalue weighted by atomic mass is 127. The first-order valence-corrected chi connectivity index (χ1v) is 8.56. The summed E-state index contributed by atoms with van der Waals surface area (Å²) in [5.74, 6) is 0.677. The van der Waals surface area contributed by atoms with E-state index in [0.29, 0.717) is 12.5 Å². The second-order valence-corrected chi connectivity index (χ2v) is 6.00. The van der Waals surface area contributed by atoms with Crippen LogP contribution in [0.25, 0.3) is 0 Å². The Morgan fingerprint density at radius 3 is 2.57 bits per heavy atom. The molecule has 5 nitrogen and oxygen atoms in total. The first-order valence-electron chi connectivity index (χ1n) is 7.33. The topological polar surface area (TPSA) is 56.7 Å². The molecule has 0 bridgehead atoms. The number of thioether (sulfide) groups is 1. The minimum atomic E-state index is 0. The molecular weight excluding hydrogens is 423 g/mol. The number of aryl methyl sites for hydroxylation is 1. The lowest BCUT2D eigenvalue weighted by atomic mass is 10.1. The third-order valence-corrected chi connectivity index (χ3v) is 3.92. The minimum Gasteiger partial charge on any atom is -0.357 e. The molecule has 0 fully saturated rings. The van der Waals surface area contributed by atoms with Gasteiger partial charge in [0.15, 0.2) is 5.96 Å². The van der Waals surface area contributed by atoms with Crippen LogP contribution in [-0.4, -0.2) is 50.2 Å². The van der Waals surface area contributed by atoms with Crippen molar-refractivity contribution in [2.75, 3.05) is 33.4 Å². The molecule has 1 amide bonds. The Morgan fingerprint density at radius 1 is 1.30 bits per heavy atom. The molecule has 23 heavy (non-hydrogen) atoms. The van der Waals surface area contributed by atoms with E-state index < -0.39 is 0 Å². The normalized spacial score (nSPS) is 10.7. The maximum absolute atomic E-state index is 11.6. The maximum Gasteiger partial charge on any atom is 0.241 e. The third kappa shape index (κ3) is 7.92. The van der Waals surface area contributed by atoms with Gasteiger partial charge >= 0.3 is 0 Å². The van der Waals surface area contributed by atoms with Gasteiger partial charge < -0.3 is 15.5 Å². The molecule has 0 aliphatic carbocycles. The van der Waals surface area contributed by atoms with E-state index in [-0.39, 0.29) is 36.4 Å². The number of carbonyl (C=O) groups is 1. The molecular formula is C16H27IN4OS. The lowest BCUT2D eigenvalue weighted by Gasteiger charge is -2.14. The summed E-state index contributed by atoms with van der Waals surface area (Å²) in [6, 6.07) is 6.38. The number of amides is 1. The Labute approximate surface area is 160 Å². The molecule has 0 aliphatic rings. The number of nitrogens with zero attached hydrogens (tertiary/aromatic N) is 2. The molecule has 0 aliphatic heterocycles.